The smallest absolute Gasteiger partial charge is 0.277 e. The molecular weight excluding hydrogens is 468 g/mol. The Kier molecular flexibility index (Phi) is 7.30. The summed E-state index contributed by atoms with van der Waals surface area (Å²) in [5, 5.41) is 7.77. The van der Waals surface area contributed by atoms with Gasteiger partial charge in [0.25, 0.3) is 5.56 Å². The number of aryl methyl sites for hydroxylation is 1. The second-order valence-corrected chi connectivity index (χ2v) is 11.2. The van der Waals surface area contributed by atoms with E-state index in [0.717, 1.165) is 25.2 Å². The van der Waals surface area contributed by atoms with Gasteiger partial charge in [-0.3, -0.25) is 9.48 Å². The third kappa shape index (κ3) is 5.26. The molecular formula is C24H34N6O4S. The summed E-state index contributed by atoms with van der Waals surface area (Å²) in [6.07, 6.45) is 1.59. The van der Waals surface area contributed by atoms with Crippen molar-refractivity contribution >= 4 is 21.1 Å². The van der Waals surface area contributed by atoms with E-state index >= 15 is 0 Å². The lowest BCUT2D eigenvalue weighted by atomic mass is 10.0. The molecule has 1 saturated heterocycles. The van der Waals surface area contributed by atoms with Crippen LogP contribution in [0.5, 0.6) is 5.75 Å². The topological polar surface area (TPSA) is 131 Å². The van der Waals surface area contributed by atoms with Crippen LogP contribution in [0.15, 0.2) is 27.9 Å². The largest absolute Gasteiger partial charge is 0.493 e. The molecule has 10 nitrogen and oxygen atoms in total. The van der Waals surface area contributed by atoms with E-state index in [1.165, 1.54) is 16.8 Å². The third-order valence-electron chi connectivity index (χ3n) is 6.33. The van der Waals surface area contributed by atoms with Crippen molar-refractivity contribution in [3.63, 3.8) is 0 Å². The minimum absolute atomic E-state index is 0.0881. The van der Waals surface area contributed by atoms with Crippen LogP contribution in [0.4, 0.5) is 0 Å². The molecule has 1 fully saturated rings. The number of H-pyrrole nitrogens is 1. The van der Waals surface area contributed by atoms with Gasteiger partial charge >= 0.3 is 0 Å². The fraction of sp³-hybridized carbons (Fsp3) is 0.542. The maximum atomic E-state index is 13.2. The normalized spacial score (nSPS) is 17.4. The SMILES string of the molecule is CCOc1ccc(S(=O)(=O)NC(C)C2CCNC2)cc1-c1nc2c(CC(C)C)nn(C)c2c(=O)[nH]1. The van der Waals surface area contributed by atoms with Gasteiger partial charge in [0.2, 0.25) is 10.0 Å². The Bertz CT molecular complexity index is 1370. The molecule has 2 unspecified atom stereocenters. The van der Waals surface area contributed by atoms with Crippen LogP contribution in [-0.2, 0) is 23.5 Å². The summed E-state index contributed by atoms with van der Waals surface area (Å²) in [6, 6.07) is 4.42. The lowest BCUT2D eigenvalue weighted by molar-refractivity contribution is 0.341. The number of aromatic amines is 1. The van der Waals surface area contributed by atoms with Gasteiger partial charge in [-0.1, -0.05) is 13.8 Å². The average Bonchev–Trinajstić information content (AvgIpc) is 3.42. The number of aromatic nitrogens is 4. The van der Waals surface area contributed by atoms with Crippen LogP contribution in [0, 0.1) is 11.8 Å². The second kappa shape index (κ2) is 10.1. The van der Waals surface area contributed by atoms with Crippen LogP contribution in [-0.4, -0.2) is 53.9 Å². The second-order valence-electron chi connectivity index (χ2n) is 9.53. The summed E-state index contributed by atoms with van der Waals surface area (Å²) in [5.74, 6) is 1.25. The van der Waals surface area contributed by atoms with Crippen LogP contribution < -0.4 is 20.3 Å². The van der Waals surface area contributed by atoms with E-state index in [0.29, 0.717) is 41.3 Å². The average molecular weight is 503 g/mol. The highest BCUT2D eigenvalue weighted by atomic mass is 32.2. The van der Waals surface area contributed by atoms with E-state index in [4.69, 9.17) is 9.72 Å². The highest BCUT2D eigenvalue weighted by molar-refractivity contribution is 7.89. The molecule has 0 radical (unpaired) electrons. The van der Waals surface area contributed by atoms with Crippen molar-refractivity contribution in [1.82, 2.24) is 29.8 Å². The van der Waals surface area contributed by atoms with Gasteiger partial charge in [0.15, 0.2) is 5.52 Å². The first-order valence-electron chi connectivity index (χ1n) is 12.1. The van der Waals surface area contributed by atoms with Crippen LogP contribution >= 0.6 is 0 Å². The molecule has 1 aliphatic heterocycles. The predicted molar refractivity (Wildman–Crippen MR) is 135 cm³/mol. The summed E-state index contributed by atoms with van der Waals surface area (Å²) in [4.78, 5) is 20.6. The zero-order valence-corrected chi connectivity index (χ0v) is 21.7. The predicted octanol–water partition coefficient (Wildman–Crippen LogP) is 2.20. The lowest BCUT2D eigenvalue weighted by Crippen LogP contribution is -2.38. The number of sulfonamides is 1. The molecule has 11 heteroatoms. The zero-order valence-electron chi connectivity index (χ0n) is 20.9. The van der Waals surface area contributed by atoms with Crippen molar-refractivity contribution in [2.75, 3.05) is 19.7 Å². The Labute approximate surface area is 205 Å². The first-order valence-corrected chi connectivity index (χ1v) is 13.5. The highest BCUT2D eigenvalue weighted by Gasteiger charge is 2.27. The van der Waals surface area contributed by atoms with E-state index in [9.17, 15) is 13.2 Å². The molecule has 1 aliphatic rings. The maximum Gasteiger partial charge on any atom is 0.277 e. The van der Waals surface area contributed by atoms with Crippen molar-refractivity contribution in [1.29, 1.82) is 0 Å². The monoisotopic (exact) mass is 502 g/mol. The number of hydrogen-bond acceptors (Lipinski definition) is 7. The number of rotatable bonds is 9. The minimum atomic E-state index is -3.80. The number of fused-ring (bicyclic) bond motifs is 1. The fourth-order valence-corrected chi connectivity index (χ4v) is 5.89. The Balaban J connectivity index is 1.80. The minimum Gasteiger partial charge on any atom is -0.493 e. The molecule has 3 aromatic rings. The summed E-state index contributed by atoms with van der Waals surface area (Å²) >= 11 is 0. The number of benzene rings is 1. The maximum absolute atomic E-state index is 13.2. The standard InChI is InChI=1S/C24H34N6O4S/c1-6-34-20-8-7-17(35(32,33)29-15(4)16-9-10-25-13-16)12-18(20)23-26-21-19(11-14(2)3)28-30(5)22(21)24(31)27-23/h7-8,12,14-16,25,29H,6,9-11,13H2,1-5H3,(H,26,27,31). The van der Waals surface area contributed by atoms with Gasteiger partial charge in [-0.15, -0.1) is 0 Å². The molecule has 0 spiro atoms. The van der Waals surface area contributed by atoms with Gasteiger partial charge in [-0.2, -0.15) is 5.10 Å². The molecule has 35 heavy (non-hydrogen) atoms. The summed E-state index contributed by atoms with van der Waals surface area (Å²) in [5.41, 5.74) is 1.68. The van der Waals surface area contributed by atoms with Gasteiger partial charge in [-0.05, 0) is 69.8 Å². The molecule has 3 heterocycles. The van der Waals surface area contributed by atoms with E-state index in [1.807, 2.05) is 13.8 Å². The Hall–Kier alpha value is -2.76. The number of nitrogens with one attached hydrogen (secondary N) is 3. The molecule has 3 N–H and O–H groups in total. The van der Waals surface area contributed by atoms with E-state index in [1.54, 1.807) is 13.1 Å². The molecule has 0 saturated carbocycles. The zero-order chi connectivity index (χ0) is 25.3. The van der Waals surface area contributed by atoms with Gasteiger partial charge in [0.05, 0.1) is 22.8 Å². The van der Waals surface area contributed by atoms with Crippen molar-refractivity contribution in [3.8, 4) is 17.1 Å². The highest BCUT2D eigenvalue weighted by Crippen LogP contribution is 2.31. The summed E-state index contributed by atoms with van der Waals surface area (Å²) in [7, 11) is -2.08. The first kappa shape index (κ1) is 25.3. The first-order chi connectivity index (χ1) is 16.6. The van der Waals surface area contributed by atoms with Crippen LogP contribution in [0.1, 0.15) is 39.8 Å². The van der Waals surface area contributed by atoms with Gasteiger partial charge in [-0.25, -0.2) is 18.1 Å². The molecule has 190 valence electrons. The Morgan fingerprint density at radius 3 is 2.71 bits per heavy atom. The van der Waals surface area contributed by atoms with Crippen molar-refractivity contribution in [3.05, 3.63) is 34.2 Å². The molecule has 0 aliphatic carbocycles. The van der Waals surface area contributed by atoms with Gasteiger partial charge in [0, 0.05) is 13.1 Å². The molecule has 0 bridgehead atoms. The van der Waals surface area contributed by atoms with E-state index < -0.39 is 10.0 Å². The fourth-order valence-electron chi connectivity index (χ4n) is 4.55. The van der Waals surface area contributed by atoms with Gasteiger partial charge in [0.1, 0.15) is 17.1 Å². The summed E-state index contributed by atoms with van der Waals surface area (Å²) in [6.45, 7) is 9.93. The number of hydrogen-bond donors (Lipinski definition) is 3. The Morgan fingerprint density at radius 2 is 2.06 bits per heavy atom. The number of ether oxygens (including phenoxy) is 1. The van der Waals surface area contributed by atoms with Crippen molar-refractivity contribution < 1.29 is 13.2 Å². The van der Waals surface area contributed by atoms with Crippen LogP contribution in [0.2, 0.25) is 0 Å². The third-order valence-corrected chi connectivity index (χ3v) is 7.88. The van der Waals surface area contributed by atoms with Crippen molar-refractivity contribution in [2.45, 2.75) is 51.5 Å². The van der Waals surface area contributed by atoms with Crippen molar-refractivity contribution in [2.24, 2.45) is 18.9 Å². The molecule has 2 atom stereocenters. The van der Waals surface area contributed by atoms with Crippen LogP contribution in [0.3, 0.4) is 0 Å². The summed E-state index contributed by atoms with van der Waals surface area (Å²) < 4.78 is 36.6. The Morgan fingerprint density at radius 1 is 1.29 bits per heavy atom. The number of nitrogens with zero attached hydrogens (tertiary/aromatic N) is 3. The molecule has 4 rings (SSSR count). The molecule has 2 aromatic heterocycles. The van der Waals surface area contributed by atoms with E-state index in [-0.39, 0.29) is 28.2 Å². The van der Waals surface area contributed by atoms with E-state index in [2.05, 4.69) is 34.0 Å². The quantitative estimate of drug-likeness (QED) is 0.409. The molecule has 1 aromatic carbocycles. The molecule has 0 amide bonds. The van der Waals surface area contributed by atoms with Gasteiger partial charge < -0.3 is 15.0 Å². The van der Waals surface area contributed by atoms with Crippen LogP contribution in [0.25, 0.3) is 22.4 Å². The lowest BCUT2D eigenvalue weighted by Gasteiger charge is -2.20.